The van der Waals surface area contributed by atoms with Gasteiger partial charge in [-0.1, -0.05) is 40.0 Å². The van der Waals surface area contributed by atoms with Crippen LogP contribution in [0.2, 0.25) is 0 Å². The molecule has 2 atom stereocenters. The molecule has 2 saturated carbocycles. The van der Waals surface area contributed by atoms with Crippen molar-refractivity contribution in [3.05, 3.63) is 0 Å². The topological polar surface area (TPSA) is 15.3 Å². The first kappa shape index (κ1) is 15.8. The van der Waals surface area contributed by atoms with Gasteiger partial charge in [-0.2, -0.15) is 0 Å². The molecule has 122 valence electrons. The third-order valence-electron chi connectivity index (χ3n) is 5.88. The first-order chi connectivity index (χ1) is 9.99. The Morgan fingerprint density at radius 2 is 1.62 bits per heavy atom. The molecular weight excluding hydrogens is 256 g/mol. The largest absolute Gasteiger partial charge is 0.310 e. The van der Waals surface area contributed by atoms with Gasteiger partial charge in [0, 0.05) is 31.2 Å². The van der Waals surface area contributed by atoms with Gasteiger partial charge >= 0.3 is 0 Å². The van der Waals surface area contributed by atoms with Crippen molar-refractivity contribution < 1.29 is 0 Å². The highest BCUT2D eigenvalue weighted by Crippen LogP contribution is 2.34. The van der Waals surface area contributed by atoms with Crippen molar-refractivity contribution in [3.63, 3.8) is 0 Å². The molecule has 2 heteroatoms. The second-order valence-corrected chi connectivity index (χ2v) is 9.25. The number of likely N-dealkylation sites (tertiary alicyclic amines) is 1. The van der Waals surface area contributed by atoms with E-state index in [-0.39, 0.29) is 0 Å². The fraction of sp³-hybridized carbons (Fsp3) is 1.00. The lowest BCUT2D eigenvalue weighted by Crippen LogP contribution is -2.56. The third kappa shape index (κ3) is 4.45. The highest BCUT2D eigenvalue weighted by atomic mass is 15.2. The number of nitrogens with zero attached hydrogens (tertiary/aromatic N) is 1. The van der Waals surface area contributed by atoms with Gasteiger partial charge < -0.3 is 5.32 Å². The molecule has 0 spiro atoms. The van der Waals surface area contributed by atoms with E-state index in [1.165, 1.54) is 70.9 Å². The zero-order valence-corrected chi connectivity index (χ0v) is 14.5. The fourth-order valence-corrected chi connectivity index (χ4v) is 4.85. The first-order valence-electron chi connectivity index (χ1n) is 9.50. The van der Waals surface area contributed by atoms with E-state index in [0.717, 1.165) is 24.0 Å². The molecule has 2 unspecified atom stereocenters. The quantitative estimate of drug-likeness (QED) is 0.835. The summed E-state index contributed by atoms with van der Waals surface area (Å²) in [5, 5.41) is 4.02. The minimum Gasteiger partial charge on any atom is -0.310 e. The lowest BCUT2D eigenvalue weighted by molar-refractivity contribution is 0.0437. The molecule has 0 amide bonds. The summed E-state index contributed by atoms with van der Waals surface area (Å²) in [5.74, 6) is 0.901. The Kier molecular flexibility index (Phi) is 4.95. The highest BCUT2D eigenvalue weighted by molar-refractivity contribution is 4.92. The summed E-state index contributed by atoms with van der Waals surface area (Å²) in [7, 11) is 0. The van der Waals surface area contributed by atoms with Crippen molar-refractivity contribution in [2.45, 2.75) is 96.7 Å². The van der Waals surface area contributed by atoms with Gasteiger partial charge in [0.05, 0.1) is 0 Å². The number of hydrogen-bond acceptors (Lipinski definition) is 2. The van der Waals surface area contributed by atoms with Crippen LogP contribution in [0.5, 0.6) is 0 Å². The molecule has 1 N–H and O–H groups in total. The molecule has 3 aliphatic rings. The van der Waals surface area contributed by atoms with E-state index in [0.29, 0.717) is 5.41 Å². The minimum absolute atomic E-state index is 0.477. The second-order valence-electron chi connectivity index (χ2n) is 9.25. The van der Waals surface area contributed by atoms with Crippen molar-refractivity contribution in [2.24, 2.45) is 11.3 Å². The molecule has 2 nitrogen and oxygen atoms in total. The summed E-state index contributed by atoms with van der Waals surface area (Å²) in [6.45, 7) is 9.92. The Morgan fingerprint density at radius 3 is 2.19 bits per heavy atom. The summed E-state index contributed by atoms with van der Waals surface area (Å²) in [6.07, 6.45) is 12.9. The van der Waals surface area contributed by atoms with Crippen LogP contribution >= 0.6 is 0 Å². The minimum atomic E-state index is 0.477. The number of hydrogen-bond donors (Lipinski definition) is 1. The van der Waals surface area contributed by atoms with E-state index in [4.69, 9.17) is 0 Å². The van der Waals surface area contributed by atoms with E-state index >= 15 is 0 Å². The van der Waals surface area contributed by atoms with Gasteiger partial charge in [0.25, 0.3) is 0 Å². The summed E-state index contributed by atoms with van der Waals surface area (Å²) in [5.41, 5.74) is 0.477. The maximum absolute atomic E-state index is 4.02. The monoisotopic (exact) mass is 292 g/mol. The van der Waals surface area contributed by atoms with Gasteiger partial charge in [-0.3, -0.25) is 4.90 Å². The molecule has 0 aromatic rings. The van der Waals surface area contributed by atoms with Gasteiger partial charge in [0.1, 0.15) is 0 Å². The number of rotatable bonds is 4. The van der Waals surface area contributed by atoms with Crippen LogP contribution in [-0.4, -0.2) is 36.1 Å². The van der Waals surface area contributed by atoms with Crippen LogP contribution in [0.4, 0.5) is 0 Å². The molecule has 1 aliphatic heterocycles. The summed E-state index contributed by atoms with van der Waals surface area (Å²) >= 11 is 0. The fourth-order valence-electron chi connectivity index (χ4n) is 4.85. The van der Waals surface area contributed by atoms with E-state index < -0.39 is 0 Å². The van der Waals surface area contributed by atoms with Crippen molar-refractivity contribution in [2.75, 3.05) is 13.1 Å². The maximum Gasteiger partial charge on any atom is 0.0200 e. The molecule has 21 heavy (non-hydrogen) atoms. The average Bonchev–Trinajstić information content (AvgIpc) is 2.76. The molecule has 2 aliphatic carbocycles. The maximum atomic E-state index is 4.02. The lowest BCUT2D eigenvalue weighted by atomic mass is 9.78. The normalized spacial score (nSPS) is 33.3. The second kappa shape index (κ2) is 6.58. The highest BCUT2D eigenvalue weighted by Gasteiger charge is 2.35. The van der Waals surface area contributed by atoms with E-state index in [2.05, 4.69) is 31.0 Å². The molecule has 0 aromatic carbocycles. The summed E-state index contributed by atoms with van der Waals surface area (Å²) in [4.78, 5) is 2.84. The van der Waals surface area contributed by atoms with Gasteiger partial charge in [-0.15, -0.1) is 0 Å². The molecule has 1 heterocycles. The van der Waals surface area contributed by atoms with Crippen LogP contribution in [-0.2, 0) is 0 Å². The zero-order chi connectivity index (χ0) is 14.9. The van der Waals surface area contributed by atoms with E-state index in [9.17, 15) is 0 Å². The van der Waals surface area contributed by atoms with Crippen molar-refractivity contribution >= 4 is 0 Å². The van der Waals surface area contributed by atoms with Crippen LogP contribution in [0, 0.1) is 11.3 Å². The Bertz CT molecular complexity index is 323. The van der Waals surface area contributed by atoms with Crippen LogP contribution in [0.3, 0.4) is 0 Å². The molecule has 3 fully saturated rings. The zero-order valence-electron chi connectivity index (χ0n) is 14.5. The van der Waals surface area contributed by atoms with Crippen molar-refractivity contribution in [1.29, 1.82) is 0 Å². The van der Waals surface area contributed by atoms with E-state index in [1.807, 2.05) is 0 Å². The number of piperidine rings is 1. The SMILES string of the molecule is CC(C)(C)CC1CC(NC2CCCC2)CN(C2CCC2)C1. The van der Waals surface area contributed by atoms with Crippen LogP contribution in [0.1, 0.15) is 78.6 Å². The molecule has 1 saturated heterocycles. The Morgan fingerprint density at radius 1 is 0.905 bits per heavy atom. The van der Waals surface area contributed by atoms with Gasteiger partial charge in [-0.05, 0) is 49.9 Å². The van der Waals surface area contributed by atoms with Crippen molar-refractivity contribution in [1.82, 2.24) is 10.2 Å². The summed E-state index contributed by atoms with van der Waals surface area (Å²) < 4.78 is 0. The molecule has 0 bridgehead atoms. The van der Waals surface area contributed by atoms with Crippen molar-refractivity contribution in [3.8, 4) is 0 Å². The molecular formula is C19H36N2. The Hall–Kier alpha value is -0.0800. The smallest absolute Gasteiger partial charge is 0.0200 e. The third-order valence-corrected chi connectivity index (χ3v) is 5.88. The summed E-state index contributed by atoms with van der Waals surface area (Å²) in [6, 6.07) is 2.50. The van der Waals surface area contributed by atoms with Gasteiger partial charge in [-0.25, -0.2) is 0 Å². The molecule has 0 aromatic heterocycles. The predicted molar refractivity (Wildman–Crippen MR) is 90.6 cm³/mol. The lowest BCUT2D eigenvalue weighted by Gasteiger charge is -2.47. The Labute approximate surface area is 132 Å². The standard InChI is InChI=1S/C19H36N2/c1-19(2,3)12-15-11-17(20-16-7-4-5-8-16)14-21(13-15)18-9-6-10-18/h15-18,20H,4-14H2,1-3H3. The van der Waals surface area contributed by atoms with Gasteiger partial charge in [0.15, 0.2) is 0 Å². The van der Waals surface area contributed by atoms with Crippen LogP contribution < -0.4 is 5.32 Å². The average molecular weight is 293 g/mol. The Balaban J connectivity index is 1.58. The van der Waals surface area contributed by atoms with Crippen LogP contribution in [0.15, 0.2) is 0 Å². The molecule has 3 rings (SSSR count). The predicted octanol–water partition coefficient (Wildman–Crippen LogP) is 4.20. The first-order valence-corrected chi connectivity index (χ1v) is 9.50. The van der Waals surface area contributed by atoms with E-state index in [1.54, 1.807) is 0 Å². The molecule has 0 radical (unpaired) electrons. The van der Waals surface area contributed by atoms with Crippen LogP contribution in [0.25, 0.3) is 0 Å². The van der Waals surface area contributed by atoms with Gasteiger partial charge in [0.2, 0.25) is 0 Å². The number of nitrogens with one attached hydrogen (secondary N) is 1.